The van der Waals surface area contributed by atoms with E-state index in [-0.39, 0.29) is 18.4 Å². The van der Waals surface area contributed by atoms with E-state index in [1.54, 1.807) is 6.92 Å². The first-order valence-electron chi connectivity index (χ1n) is 6.83. The van der Waals surface area contributed by atoms with Crippen molar-refractivity contribution in [1.82, 2.24) is 0 Å². The molecule has 20 heavy (non-hydrogen) atoms. The Labute approximate surface area is 118 Å². The highest BCUT2D eigenvalue weighted by Gasteiger charge is 2.63. The monoisotopic (exact) mass is 280 g/mol. The molecular formula is C15H20O5. The summed E-state index contributed by atoms with van der Waals surface area (Å²) in [4.78, 5) is 35.6. The number of carbonyl (C=O) groups is 3. The molecule has 2 atom stereocenters. The van der Waals surface area contributed by atoms with Gasteiger partial charge in [0.25, 0.3) is 0 Å². The maximum absolute atomic E-state index is 12.4. The highest BCUT2D eigenvalue weighted by Crippen LogP contribution is 2.55. The van der Waals surface area contributed by atoms with E-state index < -0.39 is 23.5 Å². The van der Waals surface area contributed by atoms with Crippen molar-refractivity contribution in [2.75, 3.05) is 6.61 Å². The van der Waals surface area contributed by atoms with Gasteiger partial charge in [-0.25, -0.2) is 0 Å². The zero-order chi connectivity index (χ0) is 15.1. The molecule has 1 saturated heterocycles. The molecule has 0 amide bonds. The molecule has 2 rings (SSSR count). The zero-order valence-corrected chi connectivity index (χ0v) is 12.3. The summed E-state index contributed by atoms with van der Waals surface area (Å²) in [7, 11) is 0. The van der Waals surface area contributed by atoms with Gasteiger partial charge < -0.3 is 9.47 Å². The Balaban J connectivity index is 2.57. The summed E-state index contributed by atoms with van der Waals surface area (Å²) < 4.78 is 10.4. The summed E-state index contributed by atoms with van der Waals surface area (Å²) in [5.41, 5.74) is -0.249. The third kappa shape index (κ3) is 1.96. The second-order valence-corrected chi connectivity index (χ2v) is 6.31. The Kier molecular flexibility index (Phi) is 3.48. The number of aldehydes is 1. The quantitative estimate of drug-likeness (QED) is 0.582. The summed E-state index contributed by atoms with van der Waals surface area (Å²) in [6.07, 6.45) is 0.398. The number of ether oxygens (including phenoxy) is 2. The molecule has 0 radical (unpaired) electrons. The van der Waals surface area contributed by atoms with Crippen molar-refractivity contribution in [3.8, 4) is 0 Å². The fourth-order valence-corrected chi connectivity index (χ4v) is 3.15. The van der Waals surface area contributed by atoms with Gasteiger partial charge in [0.2, 0.25) is 0 Å². The lowest BCUT2D eigenvalue weighted by Gasteiger charge is -2.25. The Hall–Kier alpha value is -1.65. The fourth-order valence-electron chi connectivity index (χ4n) is 3.15. The highest BCUT2D eigenvalue weighted by atomic mass is 16.6. The van der Waals surface area contributed by atoms with Crippen molar-refractivity contribution < 1.29 is 23.9 Å². The van der Waals surface area contributed by atoms with Gasteiger partial charge in [-0.2, -0.15) is 0 Å². The first-order valence-corrected chi connectivity index (χ1v) is 6.83. The normalized spacial score (nSPS) is 29.2. The van der Waals surface area contributed by atoms with Crippen molar-refractivity contribution >= 4 is 18.2 Å². The summed E-state index contributed by atoms with van der Waals surface area (Å²) in [6.45, 7) is 7.85. The van der Waals surface area contributed by atoms with E-state index >= 15 is 0 Å². The topological polar surface area (TPSA) is 69.7 Å². The molecule has 5 heteroatoms. The molecule has 0 aromatic rings. The Bertz CT molecular complexity index is 497. The first kappa shape index (κ1) is 14.8. The highest BCUT2D eigenvalue weighted by molar-refractivity contribution is 5.99. The van der Waals surface area contributed by atoms with Gasteiger partial charge in [0.1, 0.15) is 17.8 Å². The molecule has 110 valence electrons. The molecule has 5 nitrogen and oxygen atoms in total. The van der Waals surface area contributed by atoms with E-state index in [1.165, 1.54) is 0 Å². The zero-order valence-electron chi connectivity index (χ0n) is 12.3. The SMILES string of the molecule is CCOC(=O)[C@]12CC(=O)O[C@H]1CC(C(C)(C)C)=C2C=O. The second kappa shape index (κ2) is 4.72. The summed E-state index contributed by atoms with van der Waals surface area (Å²) >= 11 is 0. The third-order valence-corrected chi connectivity index (χ3v) is 4.10. The van der Waals surface area contributed by atoms with Gasteiger partial charge in [-0.15, -0.1) is 0 Å². The Morgan fingerprint density at radius 3 is 2.65 bits per heavy atom. The Morgan fingerprint density at radius 1 is 1.50 bits per heavy atom. The largest absolute Gasteiger partial charge is 0.465 e. The van der Waals surface area contributed by atoms with Gasteiger partial charge in [-0.3, -0.25) is 14.4 Å². The molecule has 0 aromatic heterocycles. The fraction of sp³-hybridized carbons (Fsp3) is 0.667. The minimum Gasteiger partial charge on any atom is -0.465 e. The van der Waals surface area contributed by atoms with Crippen LogP contribution in [0.5, 0.6) is 0 Å². The van der Waals surface area contributed by atoms with Crippen molar-refractivity contribution in [2.45, 2.75) is 46.6 Å². The van der Waals surface area contributed by atoms with Crippen LogP contribution in [0, 0.1) is 10.8 Å². The number of carbonyl (C=O) groups excluding carboxylic acids is 3. The van der Waals surface area contributed by atoms with Crippen LogP contribution in [0.3, 0.4) is 0 Å². The van der Waals surface area contributed by atoms with Gasteiger partial charge in [0, 0.05) is 12.0 Å². The molecule has 1 heterocycles. The lowest BCUT2D eigenvalue weighted by molar-refractivity contribution is -0.155. The molecule has 0 spiro atoms. The van der Waals surface area contributed by atoms with Crippen LogP contribution in [0.4, 0.5) is 0 Å². The van der Waals surface area contributed by atoms with E-state index in [0.29, 0.717) is 18.3 Å². The van der Waals surface area contributed by atoms with E-state index in [1.807, 2.05) is 20.8 Å². The van der Waals surface area contributed by atoms with E-state index in [4.69, 9.17) is 9.47 Å². The second-order valence-electron chi connectivity index (χ2n) is 6.31. The van der Waals surface area contributed by atoms with Crippen molar-refractivity contribution in [3.05, 3.63) is 11.1 Å². The molecular weight excluding hydrogens is 260 g/mol. The van der Waals surface area contributed by atoms with Gasteiger partial charge in [-0.05, 0) is 12.3 Å². The molecule has 0 saturated carbocycles. The van der Waals surface area contributed by atoms with E-state index in [0.717, 1.165) is 5.57 Å². The molecule has 1 aliphatic heterocycles. The smallest absolute Gasteiger partial charge is 0.321 e. The van der Waals surface area contributed by atoms with Gasteiger partial charge >= 0.3 is 11.9 Å². The average Bonchev–Trinajstić information content (AvgIpc) is 2.80. The number of esters is 2. The number of fused-ring (bicyclic) bond motifs is 1. The van der Waals surface area contributed by atoms with Gasteiger partial charge in [0.15, 0.2) is 0 Å². The molecule has 2 aliphatic rings. The summed E-state index contributed by atoms with van der Waals surface area (Å²) in [6, 6.07) is 0. The van der Waals surface area contributed by atoms with Crippen LogP contribution in [-0.2, 0) is 23.9 Å². The number of rotatable bonds is 3. The molecule has 0 aromatic carbocycles. The van der Waals surface area contributed by atoms with Crippen molar-refractivity contribution in [3.63, 3.8) is 0 Å². The van der Waals surface area contributed by atoms with Crippen molar-refractivity contribution in [1.29, 1.82) is 0 Å². The molecule has 0 bridgehead atoms. The van der Waals surface area contributed by atoms with Crippen LogP contribution in [0.1, 0.15) is 40.5 Å². The number of hydrogen-bond donors (Lipinski definition) is 0. The van der Waals surface area contributed by atoms with Crippen LogP contribution in [-0.4, -0.2) is 30.9 Å². The lowest BCUT2D eigenvalue weighted by atomic mass is 9.76. The molecule has 0 N–H and O–H groups in total. The molecule has 0 unspecified atom stereocenters. The van der Waals surface area contributed by atoms with Crippen LogP contribution in [0.15, 0.2) is 11.1 Å². The minimum atomic E-state index is -1.24. The van der Waals surface area contributed by atoms with E-state index in [2.05, 4.69) is 0 Å². The third-order valence-electron chi connectivity index (χ3n) is 4.10. The summed E-state index contributed by atoms with van der Waals surface area (Å²) in [5, 5.41) is 0. The first-order chi connectivity index (χ1) is 9.27. The molecule has 1 aliphatic carbocycles. The maximum Gasteiger partial charge on any atom is 0.321 e. The van der Waals surface area contributed by atoms with Crippen LogP contribution >= 0.6 is 0 Å². The Morgan fingerprint density at radius 2 is 2.15 bits per heavy atom. The minimum absolute atomic E-state index is 0.107. The summed E-state index contributed by atoms with van der Waals surface area (Å²) in [5.74, 6) is -0.979. The van der Waals surface area contributed by atoms with Crippen molar-refractivity contribution in [2.24, 2.45) is 10.8 Å². The standard InChI is InChI=1S/C15H20O5/c1-5-19-13(18)15-7-12(17)20-11(15)6-9(10(15)8-16)14(2,3)4/h8,11H,5-7H2,1-4H3/t11-,15-/m0/s1. The molecule has 1 fully saturated rings. The van der Waals surface area contributed by atoms with Gasteiger partial charge in [0.05, 0.1) is 13.0 Å². The van der Waals surface area contributed by atoms with Gasteiger partial charge in [-0.1, -0.05) is 26.3 Å². The predicted molar refractivity (Wildman–Crippen MR) is 70.7 cm³/mol. The number of hydrogen-bond acceptors (Lipinski definition) is 5. The van der Waals surface area contributed by atoms with E-state index in [9.17, 15) is 14.4 Å². The average molecular weight is 280 g/mol. The van der Waals surface area contributed by atoms with Crippen LogP contribution in [0.2, 0.25) is 0 Å². The van der Waals surface area contributed by atoms with Crippen LogP contribution in [0.25, 0.3) is 0 Å². The maximum atomic E-state index is 12.4. The lowest BCUT2D eigenvalue weighted by Crippen LogP contribution is -2.39. The predicted octanol–water partition coefficient (Wildman–Crippen LogP) is 1.80. The van der Waals surface area contributed by atoms with Crippen LogP contribution < -0.4 is 0 Å².